The quantitative estimate of drug-likeness (QED) is 0.829. The van der Waals surface area contributed by atoms with E-state index in [1.54, 1.807) is 39.0 Å². The lowest BCUT2D eigenvalue weighted by atomic mass is 9.87. The van der Waals surface area contributed by atoms with Crippen molar-refractivity contribution in [1.82, 2.24) is 5.32 Å². The minimum atomic E-state index is -1.08. The van der Waals surface area contributed by atoms with Crippen LogP contribution in [0, 0.1) is 5.41 Å². The summed E-state index contributed by atoms with van der Waals surface area (Å²) in [6.07, 6.45) is 2.76. The molecule has 0 bridgehead atoms. The first-order valence-corrected chi connectivity index (χ1v) is 7.03. The van der Waals surface area contributed by atoms with Crippen molar-refractivity contribution in [1.29, 1.82) is 0 Å². The molecular weight excluding hydrogens is 313 g/mol. The molecule has 1 aromatic rings. The zero-order valence-electron chi connectivity index (χ0n) is 12.0. The molecule has 0 aliphatic carbocycles. The number of carbonyl (C=O) groups excluding carboxylic acids is 1. The average molecular weight is 330 g/mol. The van der Waals surface area contributed by atoms with Gasteiger partial charge in [-0.05, 0) is 29.2 Å². The summed E-state index contributed by atoms with van der Waals surface area (Å²) in [5.74, 6) is -1.57. The molecule has 2 N–H and O–H groups in total. The monoisotopic (exact) mass is 329 g/mol. The van der Waals surface area contributed by atoms with Gasteiger partial charge < -0.3 is 10.4 Å². The van der Waals surface area contributed by atoms with Crippen LogP contribution in [-0.2, 0) is 9.59 Å². The average Bonchev–Trinajstić information content (AvgIpc) is 2.33. The van der Waals surface area contributed by atoms with Crippen LogP contribution < -0.4 is 5.32 Å². The van der Waals surface area contributed by atoms with Crippen molar-refractivity contribution in [3.63, 3.8) is 0 Å². The van der Waals surface area contributed by atoms with E-state index in [1.807, 2.05) is 0 Å². The summed E-state index contributed by atoms with van der Waals surface area (Å²) >= 11 is 11.8. The smallest absolute Gasteiger partial charge is 0.326 e. The summed E-state index contributed by atoms with van der Waals surface area (Å²) < 4.78 is 0. The Kier molecular flexibility index (Phi) is 5.81. The fraction of sp³-hybridized carbons (Fsp3) is 0.333. The molecule has 1 amide bonds. The van der Waals surface area contributed by atoms with Crippen LogP contribution in [-0.4, -0.2) is 23.0 Å². The summed E-state index contributed by atoms with van der Waals surface area (Å²) in [6.45, 7) is 5.23. The lowest BCUT2D eigenvalue weighted by Crippen LogP contribution is -2.48. The topological polar surface area (TPSA) is 66.4 Å². The second-order valence-corrected chi connectivity index (χ2v) is 6.49. The van der Waals surface area contributed by atoms with E-state index in [9.17, 15) is 9.59 Å². The van der Waals surface area contributed by atoms with E-state index < -0.39 is 23.3 Å². The van der Waals surface area contributed by atoms with Crippen LogP contribution in [0.5, 0.6) is 0 Å². The van der Waals surface area contributed by atoms with E-state index >= 15 is 0 Å². The number of benzene rings is 1. The summed E-state index contributed by atoms with van der Waals surface area (Å²) in [5, 5.41) is 12.5. The Balaban J connectivity index is 2.81. The third-order valence-electron chi connectivity index (χ3n) is 2.78. The van der Waals surface area contributed by atoms with Crippen molar-refractivity contribution in [3.8, 4) is 0 Å². The van der Waals surface area contributed by atoms with Gasteiger partial charge in [-0.2, -0.15) is 0 Å². The van der Waals surface area contributed by atoms with Gasteiger partial charge in [-0.25, -0.2) is 4.79 Å². The minimum Gasteiger partial charge on any atom is -0.480 e. The largest absolute Gasteiger partial charge is 0.480 e. The predicted octanol–water partition coefficient (Wildman–Crippen LogP) is 3.62. The van der Waals surface area contributed by atoms with Gasteiger partial charge in [0.1, 0.15) is 6.04 Å². The number of carboxylic acid groups (broad SMARTS) is 1. The molecule has 1 rings (SSSR count). The maximum atomic E-state index is 11.8. The second-order valence-electron chi connectivity index (χ2n) is 5.65. The molecule has 1 atom stereocenters. The summed E-state index contributed by atoms with van der Waals surface area (Å²) in [4.78, 5) is 23.0. The number of hydrogen-bond donors (Lipinski definition) is 2. The molecule has 0 spiro atoms. The lowest BCUT2D eigenvalue weighted by molar-refractivity contribution is -0.144. The summed E-state index contributed by atoms with van der Waals surface area (Å²) in [6, 6.07) is 3.92. The summed E-state index contributed by atoms with van der Waals surface area (Å²) in [5.41, 5.74) is 0.0339. The Morgan fingerprint density at radius 1 is 1.29 bits per heavy atom. The third-order valence-corrected chi connectivity index (χ3v) is 3.34. The van der Waals surface area contributed by atoms with Gasteiger partial charge in [-0.15, -0.1) is 0 Å². The van der Waals surface area contributed by atoms with Crippen LogP contribution >= 0.6 is 23.2 Å². The van der Waals surface area contributed by atoms with Crippen LogP contribution in [0.1, 0.15) is 26.3 Å². The van der Waals surface area contributed by atoms with E-state index in [1.165, 1.54) is 12.2 Å². The number of nitrogens with one attached hydrogen (secondary N) is 1. The molecule has 0 heterocycles. The van der Waals surface area contributed by atoms with Crippen molar-refractivity contribution in [2.75, 3.05) is 0 Å². The van der Waals surface area contributed by atoms with Crippen molar-refractivity contribution in [2.45, 2.75) is 26.8 Å². The van der Waals surface area contributed by atoms with Gasteiger partial charge in [0.05, 0.1) is 0 Å². The molecule has 0 aliphatic heterocycles. The van der Waals surface area contributed by atoms with Gasteiger partial charge >= 0.3 is 5.97 Å². The first-order chi connectivity index (χ1) is 9.61. The zero-order chi connectivity index (χ0) is 16.2. The predicted molar refractivity (Wildman–Crippen MR) is 84.5 cm³/mol. The molecule has 114 valence electrons. The zero-order valence-corrected chi connectivity index (χ0v) is 13.5. The van der Waals surface area contributed by atoms with Crippen LogP contribution in [0.15, 0.2) is 24.3 Å². The highest BCUT2D eigenvalue weighted by Crippen LogP contribution is 2.22. The number of halogens is 2. The highest BCUT2D eigenvalue weighted by Gasteiger charge is 2.31. The molecule has 0 radical (unpaired) electrons. The molecule has 0 aromatic heterocycles. The second kappa shape index (κ2) is 6.96. The van der Waals surface area contributed by atoms with Crippen LogP contribution in [0.4, 0.5) is 0 Å². The Morgan fingerprint density at radius 2 is 1.90 bits per heavy atom. The van der Waals surface area contributed by atoms with Crippen molar-refractivity contribution >= 4 is 41.2 Å². The standard InChI is InChI=1S/C15H17Cl2NO3/c1-15(2,3)13(14(20)21)18-12(19)7-5-9-4-6-10(16)8-11(9)17/h4-8,13H,1-3H3,(H,18,19)(H,20,21)/b7-5+/t13-/m1/s1. The lowest BCUT2D eigenvalue weighted by Gasteiger charge is -2.27. The van der Waals surface area contributed by atoms with E-state index in [4.69, 9.17) is 28.3 Å². The van der Waals surface area contributed by atoms with Gasteiger partial charge in [0.25, 0.3) is 0 Å². The molecular formula is C15H17Cl2NO3. The Bertz CT molecular complexity index is 577. The highest BCUT2D eigenvalue weighted by molar-refractivity contribution is 6.35. The fourth-order valence-electron chi connectivity index (χ4n) is 1.64. The molecule has 0 fully saturated rings. The van der Waals surface area contributed by atoms with E-state index in [0.29, 0.717) is 15.6 Å². The van der Waals surface area contributed by atoms with Crippen molar-refractivity contribution < 1.29 is 14.7 Å². The molecule has 0 saturated carbocycles. The number of hydrogen-bond acceptors (Lipinski definition) is 2. The number of amides is 1. The normalized spacial score (nSPS) is 13.2. The number of carboxylic acids is 1. The minimum absolute atomic E-state index is 0.414. The molecule has 6 heteroatoms. The first-order valence-electron chi connectivity index (χ1n) is 6.27. The SMILES string of the molecule is CC(C)(C)[C@H](NC(=O)/C=C/c1ccc(Cl)cc1Cl)C(=O)O. The van der Waals surface area contributed by atoms with Gasteiger partial charge in [-0.3, -0.25) is 4.79 Å². The molecule has 21 heavy (non-hydrogen) atoms. The molecule has 0 saturated heterocycles. The molecule has 0 aliphatic rings. The Labute approximate surface area is 133 Å². The first kappa shape index (κ1) is 17.5. The number of carbonyl (C=O) groups is 2. The number of rotatable bonds is 4. The van der Waals surface area contributed by atoms with Gasteiger partial charge in [0.15, 0.2) is 0 Å². The van der Waals surface area contributed by atoms with E-state index in [-0.39, 0.29) is 0 Å². The van der Waals surface area contributed by atoms with E-state index in [0.717, 1.165) is 0 Å². The Morgan fingerprint density at radius 3 is 2.38 bits per heavy atom. The van der Waals surface area contributed by atoms with E-state index in [2.05, 4.69) is 5.32 Å². The number of aliphatic carboxylic acids is 1. The van der Waals surface area contributed by atoms with Gasteiger partial charge in [-0.1, -0.05) is 50.0 Å². The van der Waals surface area contributed by atoms with Crippen molar-refractivity contribution in [3.05, 3.63) is 39.9 Å². The third kappa shape index (κ3) is 5.40. The van der Waals surface area contributed by atoms with Gasteiger partial charge in [0, 0.05) is 16.1 Å². The van der Waals surface area contributed by atoms with Crippen molar-refractivity contribution in [2.24, 2.45) is 5.41 Å². The Hall–Kier alpha value is -1.52. The fourth-order valence-corrected chi connectivity index (χ4v) is 2.11. The molecule has 4 nitrogen and oxygen atoms in total. The maximum absolute atomic E-state index is 11.8. The summed E-state index contributed by atoms with van der Waals surface area (Å²) in [7, 11) is 0. The highest BCUT2D eigenvalue weighted by atomic mass is 35.5. The maximum Gasteiger partial charge on any atom is 0.326 e. The van der Waals surface area contributed by atoms with Crippen LogP contribution in [0.25, 0.3) is 6.08 Å². The molecule has 1 aromatic carbocycles. The molecule has 0 unspecified atom stereocenters. The van der Waals surface area contributed by atoms with Crippen LogP contribution in [0.2, 0.25) is 10.0 Å². The van der Waals surface area contributed by atoms with Gasteiger partial charge in [0.2, 0.25) is 5.91 Å². The van der Waals surface area contributed by atoms with Crippen LogP contribution in [0.3, 0.4) is 0 Å².